The van der Waals surface area contributed by atoms with Crippen molar-refractivity contribution in [2.75, 3.05) is 26.8 Å². The quantitative estimate of drug-likeness (QED) is 0.906. The van der Waals surface area contributed by atoms with Crippen LogP contribution in [0, 0.1) is 5.82 Å². The van der Waals surface area contributed by atoms with Gasteiger partial charge in [-0.1, -0.05) is 0 Å². The molecule has 1 aromatic carbocycles. The molecule has 16 heavy (non-hydrogen) atoms. The number of rotatable bonds is 2. The highest BCUT2D eigenvalue weighted by Gasteiger charge is 2.21. The van der Waals surface area contributed by atoms with Crippen molar-refractivity contribution in [2.24, 2.45) is 0 Å². The Bertz CT molecular complexity index is 380. The lowest BCUT2D eigenvalue weighted by atomic mass is 10.1. The van der Waals surface area contributed by atoms with E-state index >= 15 is 0 Å². The Labute approximate surface area is 102 Å². The van der Waals surface area contributed by atoms with Gasteiger partial charge in [0.1, 0.15) is 11.6 Å². The number of benzene rings is 1. The van der Waals surface area contributed by atoms with Crippen LogP contribution in [0.4, 0.5) is 4.39 Å². The van der Waals surface area contributed by atoms with Gasteiger partial charge < -0.3 is 14.8 Å². The first-order chi connectivity index (χ1) is 7.72. The molecule has 0 saturated carbocycles. The van der Waals surface area contributed by atoms with Crippen LogP contribution in [0.2, 0.25) is 0 Å². The summed E-state index contributed by atoms with van der Waals surface area (Å²) >= 11 is 3.41. The summed E-state index contributed by atoms with van der Waals surface area (Å²) < 4.78 is 24.8. The van der Waals surface area contributed by atoms with E-state index in [1.807, 2.05) is 0 Å². The fraction of sp³-hybridized carbons (Fsp3) is 0.455. The van der Waals surface area contributed by atoms with Crippen molar-refractivity contribution in [1.29, 1.82) is 0 Å². The molecule has 3 nitrogen and oxygen atoms in total. The molecular weight excluding hydrogens is 277 g/mol. The molecule has 5 heteroatoms. The monoisotopic (exact) mass is 289 g/mol. The number of ether oxygens (including phenoxy) is 2. The molecule has 1 fully saturated rings. The zero-order chi connectivity index (χ0) is 11.5. The molecule has 1 unspecified atom stereocenters. The summed E-state index contributed by atoms with van der Waals surface area (Å²) in [6.07, 6.45) is -0.132. The van der Waals surface area contributed by atoms with Gasteiger partial charge in [0, 0.05) is 24.7 Å². The van der Waals surface area contributed by atoms with E-state index in [1.54, 1.807) is 0 Å². The summed E-state index contributed by atoms with van der Waals surface area (Å²) in [6.45, 7) is 2.15. The molecule has 1 aromatic rings. The van der Waals surface area contributed by atoms with Crippen molar-refractivity contribution in [1.82, 2.24) is 5.32 Å². The maximum Gasteiger partial charge on any atom is 0.136 e. The zero-order valence-corrected chi connectivity index (χ0v) is 10.5. The van der Waals surface area contributed by atoms with Gasteiger partial charge in [0.25, 0.3) is 0 Å². The first kappa shape index (κ1) is 11.8. The number of methoxy groups -OCH3 is 1. The molecule has 0 amide bonds. The highest BCUT2D eigenvalue weighted by atomic mass is 79.9. The molecule has 2 rings (SSSR count). The average Bonchev–Trinajstić information content (AvgIpc) is 2.33. The number of morpholine rings is 1. The maximum atomic E-state index is 13.4. The van der Waals surface area contributed by atoms with Gasteiger partial charge in [-0.2, -0.15) is 0 Å². The van der Waals surface area contributed by atoms with Crippen LogP contribution in [-0.2, 0) is 4.74 Å². The van der Waals surface area contributed by atoms with Gasteiger partial charge >= 0.3 is 0 Å². The van der Waals surface area contributed by atoms with Gasteiger partial charge in [-0.15, -0.1) is 0 Å². The second-order valence-electron chi connectivity index (χ2n) is 3.57. The zero-order valence-electron chi connectivity index (χ0n) is 8.93. The third-order valence-corrected chi connectivity index (χ3v) is 3.38. The van der Waals surface area contributed by atoms with Crippen LogP contribution < -0.4 is 10.1 Å². The van der Waals surface area contributed by atoms with E-state index in [-0.39, 0.29) is 11.9 Å². The third-order valence-electron chi connectivity index (χ3n) is 2.53. The lowest BCUT2D eigenvalue weighted by Crippen LogP contribution is -2.33. The van der Waals surface area contributed by atoms with E-state index in [2.05, 4.69) is 21.2 Å². The summed E-state index contributed by atoms with van der Waals surface area (Å²) in [5.74, 6) is 0.174. The van der Waals surface area contributed by atoms with E-state index in [1.165, 1.54) is 19.2 Å². The van der Waals surface area contributed by atoms with Crippen molar-refractivity contribution in [3.8, 4) is 5.75 Å². The summed E-state index contributed by atoms with van der Waals surface area (Å²) in [4.78, 5) is 0. The minimum atomic E-state index is -0.316. The Hall–Kier alpha value is -0.650. The fourth-order valence-corrected chi connectivity index (χ4v) is 2.38. The highest BCUT2D eigenvalue weighted by molar-refractivity contribution is 9.10. The van der Waals surface area contributed by atoms with E-state index in [9.17, 15) is 4.39 Å². The predicted octanol–water partition coefficient (Wildman–Crippen LogP) is 2.26. The number of nitrogens with one attached hydrogen (secondary N) is 1. The van der Waals surface area contributed by atoms with Crippen LogP contribution in [0.25, 0.3) is 0 Å². The summed E-state index contributed by atoms with van der Waals surface area (Å²) in [5, 5.41) is 3.21. The molecule has 0 radical (unpaired) electrons. The lowest BCUT2D eigenvalue weighted by molar-refractivity contribution is 0.0269. The minimum Gasteiger partial charge on any atom is -0.495 e. The number of hydrogen-bond acceptors (Lipinski definition) is 3. The fourth-order valence-electron chi connectivity index (χ4n) is 1.73. The SMILES string of the molecule is COc1cc(F)cc(C2CNCCO2)c1Br. The largest absolute Gasteiger partial charge is 0.495 e. The first-order valence-electron chi connectivity index (χ1n) is 5.07. The molecule has 0 aliphatic carbocycles. The van der Waals surface area contributed by atoms with Gasteiger partial charge in [0.15, 0.2) is 0 Å². The normalized spacial score (nSPS) is 20.8. The lowest BCUT2D eigenvalue weighted by Gasteiger charge is -2.25. The van der Waals surface area contributed by atoms with Crippen LogP contribution in [0.15, 0.2) is 16.6 Å². The Balaban J connectivity index is 2.34. The highest BCUT2D eigenvalue weighted by Crippen LogP contribution is 2.35. The molecule has 1 N–H and O–H groups in total. The Morgan fingerprint density at radius 3 is 3.00 bits per heavy atom. The second-order valence-corrected chi connectivity index (χ2v) is 4.37. The molecule has 88 valence electrons. The van der Waals surface area contributed by atoms with Crippen LogP contribution in [-0.4, -0.2) is 26.8 Å². The van der Waals surface area contributed by atoms with Crippen molar-refractivity contribution >= 4 is 15.9 Å². The first-order valence-corrected chi connectivity index (χ1v) is 5.87. The maximum absolute atomic E-state index is 13.4. The predicted molar refractivity (Wildman–Crippen MR) is 62.2 cm³/mol. The summed E-state index contributed by atoms with van der Waals surface area (Å²) in [7, 11) is 1.52. The number of halogens is 2. The van der Waals surface area contributed by atoms with Crippen LogP contribution in [0.1, 0.15) is 11.7 Å². The molecule has 1 heterocycles. The van der Waals surface area contributed by atoms with Crippen LogP contribution >= 0.6 is 15.9 Å². The second kappa shape index (κ2) is 5.12. The standard InChI is InChI=1S/C11H13BrFNO2/c1-15-9-5-7(13)4-8(11(9)12)10-6-14-2-3-16-10/h4-5,10,14H,2-3,6H2,1H3. The molecule has 1 aliphatic heterocycles. The minimum absolute atomic E-state index is 0.132. The molecule has 1 atom stereocenters. The van der Waals surface area contributed by atoms with Crippen LogP contribution in [0.3, 0.4) is 0 Å². The van der Waals surface area contributed by atoms with Gasteiger partial charge in [0.05, 0.1) is 24.3 Å². The van der Waals surface area contributed by atoms with Crippen LogP contribution in [0.5, 0.6) is 5.75 Å². The van der Waals surface area contributed by atoms with E-state index in [0.29, 0.717) is 18.9 Å². The summed E-state index contributed by atoms with van der Waals surface area (Å²) in [5.41, 5.74) is 0.782. The Kier molecular flexibility index (Phi) is 3.78. The summed E-state index contributed by atoms with van der Waals surface area (Å²) in [6, 6.07) is 2.83. The molecule has 1 saturated heterocycles. The van der Waals surface area contributed by atoms with Gasteiger partial charge in [0.2, 0.25) is 0 Å². The van der Waals surface area contributed by atoms with E-state index in [0.717, 1.165) is 16.6 Å². The van der Waals surface area contributed by atoms with Crippen molar-refractivity contribution in [3.05, 3.63) is 28.0 Å². The van der Waals surface area contributed by atoms with E-state index in [4.69, 9.17) is 9.47 Å². The smallest absolute Gasteiger partial charge is 0.136 e. The van der Waals surface area contributed by atoms with Crippen molar-refractivity contribution < 1.29 is 13.9 Å². The van der Waals surface area contributed by atoms with Gasteiger partial charge in [-0.3, -0.25) is 0 Å². The molecule has 0 aromatic heterocycles. The Morgan fingerprint density at radius 2 is 2.38 bits per heavy atom. The third kappa shape index (κ3) is 2.36. The average molecular weight is 290 g/mol. The van der Waals surface area contributed by atoms with Crippen molar-refractivity contribution in [2.45, 2.75) is 6.10 Å². The molecular formula is C11H13BrFNO2. The molecule has 0 spiro atoms. The number of hydrogen-bond donors (Lipinski definition) is 1. The van der Waals surface area contributed by atoms with Gasteiger partial charge in [-0.05, 0) is 22.0 Å². The van der Waals surface area contributed by atoms with E-state index < -0.39 is 0 Å². The van der Waals surface area contributed by atoms with Crippen molar-refractivity contribution in [3.63, 3.8) is 0 Å². The van der Waals surface area contributed by atoms with Gasteiger partial charge in [-0.25, -0.2) is 4.39 Å². The molecule has 0 bridgehead atoms. The molecule has 1 aliphatic rings. The topological polar surface area (TPSA) is 30.5 Å². The Morgan fingerprint density at radius 1 is 1.56 bits per heavy atom.